The van der Waals surface area contributed by atoms with E-state index in [2.05, 4.69) is 114 Å². The van der Waals surface area contributed by atoms with E-state index in [1.165, 1.54) is 54.1 Å². The van der Waals surface area contributed by atoms with Crippen LogP contribution < -0.4 is 0 Å². The van der Waals surface area contributed by atoms with Crippen LogP contribution in [0.3, 0.4) is 0 Å². The van der Waals surface area contributed by atoms with Gasteiger partial charge in [-0.1, -0.05) is 133 Å². The first-order valence-corrected chi connectivity index (χ1v) is 17.3. The van der Waals surface area contributed by atoms with Crippen LogP contribution in [0.4, 0.5) is 0 Å². The lowest BCUT2D eigenvalue weighted by Crippen LogP contribution is -2.00. The fourth-order valence-corrected chi connectivity index (χ4v) is 8.05. The van der Waals surface area contributed by atoms with Crippen molar-refractivity contribution in [3.8, 4) is 51.0 Å². The van der Waals surface area contributed by atoms with Gasteiger partial charge in [-0.25, -0.2) is 15.0 Å². The monoisotopic (exact) mass is 648 g/mol. The molecule has 51 heavy (non-hydrogen) atoms. The predicted octanol–water partition coefficient (Wildman–Crippen LogP) is 12.0. The van der Waals surface area contributed by atoms with Gasteiger partial charge in [0.25, 0.3) is 0 Å². The van der Waals surface area contributed by atoms with Gasteiger partial charge in [-0.3, -0.25) is 0 Å². The summed E-state index contributed by atoms with van der Waals surface area (Å²) in [4.78, 5) is 15.0. The number of fused-ring (bicyclic) bond motifs is 1. The second-order valence-corrected chi connectivity index (χ2v) is 13.2. The average Bonchev–Trinajstić information content (AvgIpc) is 3.55. The molecule has 0 N–H and O–H groups in total. The van der Waals surface area contributed by atoms with Gasteiger partial charge in [-0.15, -0.1) is 0 Å². The highest BCUT2D eigenvalue weighted by atomic mass is 15.0. The molecule has 4 nitrogen and oxygen atoms in total. The molecule has 0 amide bonds. The van der Waals surface area contributed by atoms with Crippen molar-refractivity contribution < 1.29 is 0 Å². The zero-order valence-electron chi connectivity index (χ0n) is 27.5. The van der Waals surface area contributed by atoms with Crippen molar-refractivity contribution in [3.63, 3.8) is 0 Å². The van der Waals surface area contributed by atoms with Gasteiger partial charge in [0.05, 0.1) is 11.0 Å². The summed E-state index contributed by atoms with van der Waals surface area (Å²) in [5, 5.41) is 10.4. The van der Waals surface area contributed by atoms with Gasteiger partial charge in [0, 0.05) is 38.5 Å². The Bertz CT molecular complexity index is 3000. The molecule has 0 atom stereocenters. The van der Waals surface area contributed by atoms with Crippen LogP contribution in [0.2, 0.25) is 0 Å². The van der Waals surface area contributed by atoms with Crippen LogP contribution in [-0.2, 0) is 0 Å². The third kappa shape index (κ3) is 4.23. The van der Waals surface area contributed by atoms with Crippen molar-refractivity contribution in [2.45, 2.75) is 0 Å². The van der Waals surface area contributed by atoms with E-state index < -0.39 is 0 Å². The van der Waals surface area contributed by atoms with Crippen LogP contribution in [0, 0.1) is 0 Å². The van der Waals surface area contributed by atoms with Gasteiger partial charge >= 0.3 is 0 Å². The summed E-state index contributed by atoms with van der Waals surface area (Å²) in [6.45, 7) is 0. The van der Waals surface area contributed by atoms with Crippen LogP contribution in [0.5, 0.6) is 0 Å². The van der Waals surface area contributed by atoms with E-state index in [9.17, 15) is 0 Å². The molecule has 11 rings (SSSR count). The van der Waals surface area contributed by atoms with Crippen molar-refractivity contribution in [1.29, 1.82) is 0 Å². The van der Waals surface area contributed by atoms with E-state index in [0.717, 1.165) is 33.5 Å². The molecule has 2 aromatic heterocycles. The zero-order valence-corrected chi connectivity index (χ0v) is 27.5. The first-order valence-electron chi connectivity index (χ1n) is 17.3. The third-order valence-corrected chi connectivity index (χ3v) is 10.3. The average molecular weight is 649 g/mol. The molecule has 9 aromatic carbocycles. The SMILES string of the molecule is c1ccc(-c2nc(-c3ccccc3)nc(-c3cccc(-c4cc5c6cccc7ccc8ccc9c(c8c76)c5c(c4)n9-c4ccccc4)c3)n2)cc1. The van der Waals surface area contributed by atoms with Crippen LogP contribution in [0.25, 0.3) is 105 Å². The van der Waals surface area contributed by atoms with E-state index in [4.69, 9.17) is 15.0 Å². The molecule has 236 valence electrons. The number of hydrogen-bond acceptors (Lipinski definition) is 3. The molecule has 11 aromatic rings. The molecule has 4 heteroatoms. The highest BCUT2D eigenvalue weighted by molar-refractivity contribution is 6.40. The molecule has 0 saturated heterocycles. The number of benzene rings is 9. The molecule has 0 saturated carbocycles. The molecule has 0 unspecified atom stereocenters. The minimum Gasteiger partial charge on any atom is -0.309 e. The molecule has 0 spiro atoms. The molecule has 2 heterocycles. The Morgan fingerprint density at radius 2 is 0.882 bits per heavy atom. The summed E-state index contributed by atoms with van der Waals surface area (Å²) in [5.74, 6) is 1.95. The summed E-state index contributed by atoms with van der Waals surface area (Å²) in [5.41, 5.74) is 8.68. The predicted molar refractivity (Wildman–Crippen MR) is 211 cm³/mol. The van der Waals surface area contributed by atoms with E-state index in [1.54, 1.807) is 0 Å². The fraction of sp³-hybridized carbons (Fsp3) is 0. The van der Waals surface area contributed by atoms with Crippen LogP contribution in [0.15, 0.2) is 170 Å². The number of hydrogen-bond donors (Lipinski definition) is 0. The van der Waals surface area contributed by atoms with Crippen LogP contribution in [0.1, 0.15) is 0 Å². The molecule has 0 radical (unpaired) electrons. The lowest BCUT2D eigenvalue weighted by Gasteiger charge is -2.14. The number of nitrogens with zero attached hydrogens (tertiary/aromatic N) is 4. The minimum absolute atomic E-state index is 0.645. The van der Waals surface area contributed by atoms with Gasteiger partial charge in [0.15, 0.2) is 17.5 Å². The van der Waals surface area contributed by atoms with Crippen molar-refractivity contribution in [2.75, 3.05) is 0 Å². The van der Waals surface area contributed by atoms with E-state index >= 15 is 0 Å². The maximum absolute atomic E-state index is 5.03. The van der Waals surface area contributed by atoms with Crippen molar-refractivity contribution in [1.82, 2.24) is 19.5 Å². The minimum atomic E-state index is 0.645. The van der Waals surface area contributed by atoms with Gasteiger partial charge in [-0.05, 0) is 74.5 Å². The Morgan fingerprint density at radius 1 is 0.314 bits per heavy atom. The second-order valence-electron chi connectivity index (χ2n) is 13.2. The van der Waals surface area contributed by atoms with Gasteiger partial charge in [0.1, 0.15) is 0 Å². The molecular weight excluding hydrogens is 621 g/mol. The first kappa shape index (κ1) is 28.0. The quantitative estimate of drug-likeness (QED) is 0.138. The van der Waals surface area contributed by atoms with Crippen molar-refractivity contribution in [2.24, 2.45) is 0 Å². The maximum Gasteiger partial charge on any atom is 0.164 e. The van der Waals surface area contributed by atoms with E-state index in [1.807, 2.05) is 60.7 Å². The molecule has 0 aliphatic carbocycles. The van der Waals surface area contributed by atoms with E-state index in [-0.39, 0.29) is 0 Å². The van der Waals surface area contributed by atoms with E-state index in [0.29, 0.717) is 17.5 Å². The van der Waals surface area contributed by atoms with Crippen molar-refractivity contribution in [3.05, 3.63) is 170 Å². The maximum atomic E-state index is 5.03. The molecular formula is C47H28N4. The Labute approximate surface area is 293 Å². The van der Waals surface area contributed by atoms with Crippen molar-refractivity contribution >= 4 is 54.1 Å². The Kier molecular flexibility index (Phi) is 5.92. The molecule has 0 aliphatic heterocycles. The van der Waals surface area contributed by atoms with Gasteiger partial charge in [0.2, 0.25) is 0 Å². The summed E-state index contributed by atoms with van der Waals surface area (Å²) in [6, 6.07) is 60.2. The number of para-hydroxylation sites is 1. The standard InChI is InChI=1S/C47H28N4/c1-4-12-31(13-5-1)45-48-46(32-14-6-2-7-15-32)50-47(49-45)34-18-10-17-33(26-34)35-27-38-37-21-11-16-29-22-23-30-24-25-39-44(42(30)41(29)37)43(38)40(28-35)51(39)36-19-8-3-9-20-36/h1-28H. The Hall–Kier alpha value is -6.91. The van der Waals surface area contributed by atoms with Crippen LogP contribution >= 0.6 is 0 Å². The number of aromatic nitrogens is 4. The lowest BCUT2D eigenvalue weighted by molar-refractivity contribution is 1.07. The summed E-state index contributed by atoms with van der Waals surface area (Å²) in [7, 11) is 0. The normalized spacial score (nSPS) is 11.9. The number of rotatable bonds is 5. The van der Waals surface area contributed by atoms with Gasteiger partial charge in [-0.2, -0.15) is 0 Å². The Balaban J connectivity index is 1.18. The van der Waals surface area contributed by atoms with Gasteiger partial charge < -0.3 is 4.57 Å². The smallest absolute Gasteiger partial charge is 0.164 e. The third-order valence-electron chi connectivity index (χ3n) is 10.3. The zero-order chi connectivity index (χ0) is 33.5. The summed E-state index contributed by atoms with van der Waals surface area (Å²) < 4.78 is 2.44. The largest absolute Gasteiger partial charge is 0.309 e. The Morgan fingerprint density at radius 3 is 1.59 bits per heavy atom. The molecule has 0 fully saturated rings. The highest BCUT2D eigenvalue weighted by Crippen LogP contribution is 2.48. The lowest BCUT2D eigenvalue weighted by atomic mass is 9.88. The second kappa shape index (κ2) is 10.8. The topological polar surface area (TPSA) is 43.6 Å². The highest BCUT2D eigenvalue weighted by Gasteiger charge is 2.23. The summed E-state index contributed by atoms with van der Waals surface area (Å²) >= 11 is 0. The fourth-order valence-electron chi connectivity index (χ4n) is 8.05. The molecule has 0 bridgehead atoms. The summed E-state index contributed by atoms with van der Waals surface area (Å²) in [6.07, 6.45) is 0. The van der Waals surface area contributed by atoms with Crippen LogP contribution in [-0.4, -0.2) is 19.5 Å². The first-order chi connectivity index (χ1) is 25.3. The molecule has 0 aliphatic rings.